The summed E-state index contributed by atoms with van der Waals surface area (Å²) in [5.41, 5.74) is 3.82. The Bertz CT molecular complexity index is 1730. The topological polar surface area (TPSA) is 80.6 Å². The highest BCUT2D eigenvalue weighted by Gasteiger charge is 2.24. The van der Waals surface area contributed by atoms with Gasteiger partial charge < -0.3 is 19.7 Å². The zero-order valence-electron chi connectivity index (χ0n) is 21.6. The monoisotopic (exact) mass is 570 g/mol. The van der Waals surface area contributed by atoms with Crippen molar-refractivity contribution in [3.8, 4) is 0 Å². The maximum Gasteiger partial charge on any atom is 0.335 e. The summed E-state index contributed by atoms with van der Waals surface area (Å²) in [5.74, 6) is -0.496. The molecule has 2 N–H and O–H groups in total. The minimum Gasteiger partial charge on any atom is -0.478 e. The van der Waals surface area contributed by atoms with Crippen molar-refractivity contribution in [3.05, 3.63) is 107 Å². The van der Waals surface area contributed by atoms with Crippen molar-refractivity contribution in [3.63, 3.8) is 0 Å². The molecule has 1 aromatic heterocycles. The third kappa shape index (κ3) is 5.45. The fourth-order valence-corrected chi connectivity index (χ4v) is 6.47. The molecule has 202 valence electrons. The summed E-state index contributed by atoms with van der Waals surface area (Å²) in [5, 5.41) is 16.2. The Morgan fingerprint density at radius 2 is 1.80 bits per heavy atom. The van der Waals surface area contributed by atoms with E-state index in [9.17, 15) is 14.7 Å². The van der Waals surface area contributed by atoms with Gasteiger partial charge in [0, 0.05) is 40.6 Å². The lowest BCUT2D eigenvalue weighted by Gasteiger charge is -2.13. The van der Waals surface area contributed by atoms with E-state index in [2.05, 4.69) is 40.2 Å². The Kier molecular flexibility index (Phi) is 7.52. The SMILES string of the molecule is O=C(O)c1ccc(Cn2c(CSc3ccc4ccccc4c3)c(Cl)c3cc(NC(=O)C4CCOC4)ccc32)cc1. The smallest absolute Gasteiger partial charge is 0.335 e. The Morgan fingerprint density at radius 1 is 1.00 bits per heavy atom. The number of nitrogens with zero attached hydrogens (tertiary/aromatic N) is 1. The number of carboxylic acid groups (broad SMARTS) is 1. The Morgan fingerprint density at radius 3 is 2.55 bits per heavy atom. The second-order valence-electron chi connectivity index (χ2n) is 9.93. The van der Waals surface area contributed by atoms with Crippen LogP contribution in [0.4, 0.5) is 5.69 Å². The molecule has 0 spiro atoms. The predicted molar refractivity (Wildman–Crippen MR) is 161 cm³/mol. The zero-order chi connectivity index (χ0) is 27.6. The van der Waals surface area contributed by atoms with Crippen molar-refractivity contribution in [1.82, 2.24) is 4.57 Å². The van der Waals surface area contributed by atoms with Gasteiger partial charge in [-0.1, -0.05) is 54.1 Å². The molecule has 0 saturated carbocycles. The molecule has 1 aliphatic heterocycles. The number of amides is 1. The van der Waals surface area contributed by atoms with Crippen LogP contribution in [-0.4, -0.2) is 34.8 Å². The summed E-state index contributed by atoms with van der Waals surface area (Å²) in [6.07, 6.45) is 0.724. The van der Waals surface area contributed by atoms with Crippen molar-refractivity contribution in [2.45, 2.75) is 23.6 Å². The maximum atomic E-state index is 12.7. The second kappa shape index (κ2) is 11.4. The van der Waals surface area contributed by atoms with E-state index >= 15 is 0 Å². The van der Waals surface area contributed by atoms with Gasteiger partial charge in [0.1, 0.15) is 0 Å². The first-order valence-electron chi connectivity index (χ1n) is 13.1. The molecule has 0 radical (unpaired) electrons. The lowest BCUT2D eigenvalue weighted by molar-refractivity contribution is -0.119. The third-order valence-corrected chi connectivity index (χ3v) is 8.74. The molecule has 6 nitrogen and oxygen atoms in total. The molecule has 4 aromatic carbocycles. The summed E-state index contributed by atoms with van der Waals surface area (Å²) < 4.78 is 7.55. The van der Waals surface area contributed by atoms with E-state index in [0.717, 1.165) is 33.5 Å². The third-order valence-electron chi connectivity index (χ3n) is 7.31. The number of hydrogen-bond donors (Lipinski definition) is 2. The lowest BCUT2D eigenvalue weighted by Crippen LogP contribution is -2.22. The fraction of sp³-hybridized carbons (Fsp3) is 0.188. The number of fused-ring (bicyclic) bond motifs is 2. The van der Waals surface area contributed by atoms with Crippen LogP contribution in [0.15, 0.2) is 89.8 Å². The number of hydrogen-bond acceptors (Lipinski definition) is 4. The average molecular weight is 571 g/mol. The van der Waals surface area contributed by atoms with Crippen LogP contribution < -0.4 is 5.32 Å². The highest BCUT2D eigenvalue weighted by Crippen LogP contribution is 2.37. The fourth-order valence-electron chi connectivity index (χ4n) is 5.10. The van der Waals surface area contributed by atoms with Gasteiger partial charge in [0.05, 0.1) is 28.6 Å². The number of aromatic carboxylic acids is 1. The first kappa shape index (κ1) is 26.4. The molecule has 1 amide bonds. The molecule has 40 heavy (non-hydrogen) atoms. The number of halogens is 1. The lowest BCUT2D eigenvalue weighted by atomic mass is 10.1. The molecule has 1 saturated heterocycles. The molecule has 0 aliphatic carbocycles. The van der Waals surface area contributed by atoms with E-state index in [1.807, 2.05) is 42.5 Å². The van der Waals surface area contributed by atoms with E-state index in [1.54, 1.807) is 23.9 Å². The number of benzene rings is 4. The summed E-state index contributed by atoms with van der Waals surface area (Å²) >= 11 is 8.76. The van der Waals surface area contributed by atoms with E-state index < -0.39 is 5.97 Å². The summed E-state index contributed by atoms with van der Waals surface area (Å²) in [6, 6.07) is 27.4. The van der Waals surface area contributed by atoms with Crippen molar-refractivity contribution >= 4 is 62.6 Å². The number of thioether (sulfide) groups is 1. The number of anilines is 1. The summed E-state index contributed by atoms with van der Waals surface area (Å²) in [4.78, 5) is 25.2. The van der Waals surface area contributed by atoms with Crippen molar-refractivity contribution in [1.29, 1.82) is 0 Å². The van der Waals surface area contributed by atoms with Crippen LogP contribution in [0, 0.1) is 5.92 Å². The van der Waals surface area contributed by atoms with Gasteiger partial charge in [0.2, 0.25) is 5.91 Å². The second-order valence-corrected chi connectivity index (χ2v) is 11.4. The van der Waals surface area contributed by atoms with Gasteiger partial charge in [-0.15, -0.1) is 11.8 Å². The van der Waals surface area contributed by atoms with Crippen molar-refractivity contribution in [2.24, 2.45) is 5.92 Å². The van der Waals surface area contributed by atoms with Crippen LogP contribution in [0.2, 0.25) is 5.02 Å². The molecule has 1 atom stereocenters. The largest absolute Gasteiger partial charge is 0.478 e. The van der Waals surface area contributed by atoms with Crippen molar-refractivity contribution in [2.75, 3.05) is 18.5 Å². The number of ether oxygens (including phenoxy) is 1. The van der Waals surface area contributed by atoms with Crippen LogP contribution in [0.1, 0.15) is 28.0 Å². The van der Waals surface area contributed by atoms with Crippen LogP contribution in [0.25, 0.3) is 21.7 Å². The number of carbonyl (C=O) groups excluding carboxylic acids is 1. The highest BCUT2D eigenvalue weighted by atomic mass is 35.5. The number of aromatic nitrogens is 1. The van der Waals surface area contributed by atoms with Gasteiger partial charge in [0.15, 0.2) is 0 Å². The minimum absolute atomic E-state index is 0.0435. The molecule has 5 aromatic rings. The molecule has 1 fully saturated rings. The van der Waals surface area contributed by atoms with Crippen LogP contribution in [0.3, 0.4) is 0 Å². The van der Waals surface area contributed by atoms with Gasteiger partial charge in [-0.25, -0.2) is 4.79 Å². The Hall–Kier alpha value is -3.78. The van der Waals surface area contributed by atoms with Gasteiger partial charge in [0.25, 0.3) is 0 Å². The maximum absolute atomic E-state index is 12.7. The van der Waals surface area contributed by atoms with Crippen LogP contribution in [-0.2, 0) is 21.8 Å². The predicted octanol–water partition coefficient (Wildman–Crippen LogP) is 7.46. The van der Waals surface area contributed by atoms with Crippen LogP contribution >= 0.6 is 23.4 Å². The molecule has 1 unspecified atom stereocenters. The molecule has 1 aliphatic rings. The first-order valence-corrected chi connectivity index (χ1v) is 14.5. The standard InChI is InChI=1S/C32H27ClN2O4S/c33-30-27-16-25(34-31(36)24-13-14-39-18-24)10-12-28(27)35(17-20-5-7-22(8-6-20)32(37)38)29(30)19-40-26-11-9-21-3-1-2-4-23(21)15-26/h1-12,15-16,24H,13-14,17-19H2,(H,34,36)(H,37,38). The summed E-state index contributed by atoms with van der Waals surface area (Å²) in [6.45, 7) is 1.58. The molecule has 6 rings (SSSR count). The number of rotatable bonds is 8. The molecule has 0 bridgehead atoms. The molecular formula is C32H27ClN2O4S. The molecule has 8 heteroatoms. The number of carboxylic acids is 1. The van der Waals surface area contributed by atoms with Gasteiger partial charge in [-0.2, -0.15) is 0 Å². The summed E-state index contributed by atoms with van der Waals surface area (Å²) in [7, 11) is 0. The first-order chi connectivity index (χ1) is 19.5. The molecular weight excluding hydrogens is 544 g/mol. The average Bonchev–Trinajstić information content (AvgIpc) is 3.60. The van der Waals surface area contributed by atoms with Gasteiger partial charge in [-0.05, 0) is 65.2 Å². The normalized spacial score (nSPS) is 15.1. The molecule has 2 heterocycles. The zero-order valence-corrected chi connectivity index (χ0v) is 23.2. The van der Waals surface area contributed by atoms with Crippen LogP contribution in [0.5, 0.6) is 0 Å². The number of nitrogens with one attached hydrogen (secondary N) is 1. The highest BCUT2D eigenvalue weighted by molar-refractivity contribution is 7.98. The quantitative estimate of drug-likeness (QED) is 0.189. The minimum atomic E-state index is -0.952. The van der Waals surface area contributed by atoms with Gasteiger partial charge >= 0.3 is 5.97 Å². The Labute approximate surface area is 240 Å². The van der Waals surface area contributed by atoms with E-state index in [0.29, 0.717) is 36.2 Å². The van der Waals surface area contributed by atoms with E-state index in [1.165, 1.54) is 10.8 Å². The van der Waals surface area contributed by atoms with E-state index in [4.69, 9.17) is 16.3 Å². The van der Waals surface area contributed by atoms with E-state index in [-0.39, 0.29) is 17.4 Å². The van der Waals surface area contributed by atoms with Gasteiger partial charge in [-0.3, -0.25) is 4.79 Å². The van der Waals surface area contributed by atoms with Crippen molar-refractivity contribution < 1.29 is 19.4 Å². The Balaban J connectivity index is 1.34. The number of carbonyl (C=O) groups is 2.